The first kappa shape index (κ1) is 32.2. The zero-order valence-corrected chi connectivity index (χ0v) is 25.5. The van der Waals surface area contributed by atoms with Gasteiger partial charge < -0.3 is 37.1 Å². The van der Waals surface area contributed by atoms with Crippen LogP contribution < -0.4 is 27.0 Å². The van der Waals surface area contributed by atoms with Gasteiger partial charge in [-0.3, -0.25) is 19.2 Å². The fourth-order valence-electron chi connectivity index (χ4n) is 5.67. The molecule has 1 fully saturated rings. The normalized spacial score (nSPS) is 20.3. The van der Waals surface area contributed by atoms with Crippen molar-refractivity contribution in [2.45, 2.75) is 62.7 Å². The molecule has 0 bridgehead atoms. The molecule has 11 heteroatoms. The predicted molar refractivity (Wildman–Crippen MR) is 175 cm³/mol. The number of nitrogens with one attached hydrogen (secondary N) is 5. The summed E-state index contributed by atoms with van der Waals surface area (Å²) in [5.41, 5.74) is 9.56. The Morgan fingerprint density at radius 3 is 2.30 bits per heavy atom. The van der Waals surface area contributed by atoms with Crippen LogP contribution in [-0.4, -0.2) is 64.4 Å². The van der Waals surface area contributed by atoms with Gasteiger partial charge in [0, 0.05) is 36.5 Å². The van der Waals surface area contributed by atoms with Crippen LogP contribution in [0.3, 0.4) is 0 Å². The molecule has 4 aromatic rings. The molecule has 1 aliphatic rings. The SMILES string of the molecule is N[C@@H](Cc1ccc(O)cc1)C(=O)N[C@@H]1CCCCNC(=O)[C@H](Cc2ccccc2)NC(=O)[C@H](Cc2c[nH]c3ccccc23)NC1=O. The number of nitrogens with two attached hydrogens (primary N) is 1. The third-order valence-electron chi connectivity index (χ3n) is 8.23. The summed E-state index contributed by atoms with van der Waals surface area (Å²) >= 11 is 0. The van der Waals surface area contributed by atoms with Gasteiger partial charge in [-0.25, -0.2) is 0 Å². The molecule has 11 nitrogen and oxygen atoms in total. The van der Waals surface area contributed by atoms with Gasteiger partial charge in [-0.15, -0.1) is 0 Å². The average molecular weight is 625 g/mol. The topological polar surface area (TPSA) is 178 Å². The maximum atomic E-state index is 13.9. The Hall–Kier alpha value is -5.16. The van der Waals surface area contributed by atoms with E-state index in [-0.39, 0.29) is 37.3 Å². The quantitative estimate of drug-likeness (QED) is 0.158. The van der Waals surface area contributed by atoms with E-state index in [0.29, 0.717) is 19.4 Å². The van der Waals surface area contributed by atoms with E-state index in [2.05, 4.69) is 26.3 Å². The maximum absolute atomic E-state index is 13.9. The molecule has 0 saturated carbocycles. The third-order valence-corrected chi connectivity index (χ3v) is 8.23. The largest absolute Gasteiger partial charge is 0.508 e. The van der Waals surface area contributed by atoms with Crippen LogP contribution in [0.15, 0.2) is 85.1 Å². The van der Waals surface area contributed by atoms with E-state index in [9.17, 15) is 24.3 Å². The molecule has 46 heavy (non-hydrogen) atoms. The number of rotatable bonds is 8. The standard InChI is InChI=1S/C35H40N6O5/c36-27(18-23-13-15-25(42)16-14-23)32(43)39-29-12-6-7-17-37-33(44)30(19-22-8-2-1-3-9-22)40-35(46)31(41-34(29)45)20-24-21-38-28-11-5-4-10-26(24)28/h1-5,8-11,13-16,21,27,29-31,38,42H,6-7,12,17-20,36H2,(H,37,44)(H,39,43)(H,40,46)(H,41,45)/t27-,29+,30-,31-/m0/s1. The summed E-state index contributed by atoms with van der Waals surface area (Å²) < 4.78 is 0. The number of H-pyrrole nitrogens is 1. The maximum Gasteiger partial charge on any atom is 0.243 e. The number of hydrogen-bond donors (Lipinski definition) is 7. The van der Waals surface area contributed by atoms with Gasteiger partial charge >= 0.3 is 0 Å². The van der Waals surface area contributed by atoms with Gasteiger partial charge in [-0.05, 0) is 60.6 Å². The molecule has 0 spiro atoms. The lowest BCUT2D eigenvalue weighted by atomic mass is 10.0. The lowest BCUT2D eigenvalue weighted by Gasteiger charge is -2.25. The summed E-state index contributed by atoms with van der Waals surface area (Å²) in [6.07, 6.45) is 3.83. The number of phenolic OH excluding ortho intramolecular Hbond substituents is 1. The monoisotopic (exact) mass is 624 g/mol. The lowest BCUT2D eigenvalue weighted by molar-refractivity contribution is -0.133. The number of carbonyl (C=O) groups is 4. The van der Waals surface area contributed by atoms with Crippen LogP contribution in [-0.2, 0) is 38.4 Å². The van der Waals surface area contributed by atoms with Crippen molar-refractivity contribution in [3.05, 3.63) is 102 Å². The highest BCUT2D eigenvalue weighted by atomic mass is 16.3. The van der Waals surface area contributed by atoms with Crippen LogP contribution in [0.5, 0.6) is 5.75 Å². The zero-order valence-electron chi connectivity index (χ0n) is 25.5. The van der Waals surface area contributed by atoms with E-state index in [0.717, 1.165) is 27.6 Å². The minimum atomic E-state index is -1.04. The molecule has 0 radical (unpaired) electrons. The minimum Gasteiger partial charge on any atom is -0.508 e. The van der Waals surface area contributed by atoms with Crippen molar-refractivity contribution < 1.29 is 24.3 Å². The molecular weight excluding hydrogens is 584 g/mol. The number of amides is 4. The fourth-order valence-corrected chi connectivity index (χ4v) is 5.67. The van der Waals surface area contributed by atoms with E-state index in [1.807, 2.05) is 54.6 Å². The van der Waals surface area contributed by atoms with Gasteiger partial charge in [0.1, 0.15) is 23.9 Å². The Morgan fingerprint density at radius 1 is 0.826 bits per heavy atom. The predicted octanol–water partition coefficient (Wildman–Crippen LogP) is 1.98. The number of aromatic nitrogens is 1. The molecule has 1 saturated heterocycles. The van der Waals surface area contributed by atoms with Crippen LogP contribution in [0.25, 0.3) is 10.9 Å². The number of phenols is 1. The molecule has 0 unspecified atom stereocenters. The van der Waals surface area contributed by atoms with Crippen molar-refractivity contribution in [2.24, 2.45) is 5.73 Å². The number of aromatic hydroxyl groups is 1. The number of aromatic amines is 1. The van der Waals surface area contributed by atoms with Gasteiger partial charge in [-0.1, -0.05) is 60.7 Å². The van der Waals surface area contributed by atoms with Crippen LogP contribution in [0.2, 0.25) is 0 Å². The second kappa shape index (κ2) is 15.2. The summed E-state index contributed by atoms with van der Waals surface area (Å²) in [5, 5.41) is 21.9. The van der Waals surface area contributed by atoms with E-state index in [1.54, 1.807) is 18.3 Å². The summed E-state index contributed by atoms with van der Waals surface area (Å²) in [6.45, 7) is 0.349. The highest BCUT2D eigenvalue weighted by Gasteiger charge is 2.31. The minimum absolute atomic E-state index is 0.108. The molecule has 3 aromatic carbocycles. The lowest BCUT2D eigenvalue weighted by Crippen LogP contribution is -2.58. The van der Waals surface area contributed by atoms with Gasteiger partial charge in [0.25, 0.3) is 0 Å². The molecular formula is C35H40N6O5. The second-order valence-electron chi connectivity index (χ2n) is 11.7. The molecule has 4 amide bonds. The average Bonchev–Trinajstić information content (AvgIpc) is 3.47. The highest BCUT2D eigenvalue weighted by molar-refractivity contribution is 5.95. The van der Waals surface area contributed by atoms with Crippen molar-refractivity contribution in [1.29, 1.82) is 0 Å². The van der Waals surface area contributed by atoms with Crippen molar-refractivity contribution in [2.75, 3.05) is 6.54 Å². The van der Waals surface area contributed by atoms with Crippen molar-refractivity contribution in [1.82, 2.24) is 26.3 Å². The highest BCUT2D eigenvalue weighted by Crippen LogP contribution is 2.20. The molecule has 5 rings (SSSR count). The number of benzene rings is 3. The van der Waals surface area contributed by atoms with Crippen molar-refractivity contribution in [3.63, 3.8) is 0 Å². The Morgan fingerprint density at radius 2 is 1.52 bits per heavy atom. The number of para-hydroxylation sites is 1. The molecule has 1 aliphatic heterocycles. The van der Waals surface area contributed by atoms with E-state index >= 15 is 0 Å². The number of hydrogen-bond acceptors (Lipinski definition) is 6. The Kier molecular flexibility index (Phi) is 10.7. The summed E-state index contributed by atoms with van der Waals surface area (Å²) in [7, 11) is 0. The van der Waals surface area contributed by atoms with Crippen molar-refractivity contribution in [3.8, 4) is 5.75 Å². The summed E-state index contributed by atoms with van der Waals surface area (Å²) in [6, 6.07) is 19.7. The van der Waals surface area contributed by atoms with Gasteiger partial charge in [0.2, 0.25) is 23.6 Å². The van der Waals surface area contributed by atoms with Crippen LogP contribution in [0.4, 0.5) is 0 Å². The van der Waals surface area contributed by atoms with Crippen LogP contribution in [0.1, 0.15) is 36.0 Å². The third kappa shape index (κ3) is 8.51. The first-order chi connectivity index (χ1) is 22.3. The molecule has 4 atom stereocenters. The fraction of sp³-hybridized carbons (Fsp3) is 0.314. The molecule has 2 heterocycles. The van der Waals surface area contributed by atoms with Gasteiger partial charge in [0.15, 0.2) is 0 Å². The number of carbonyl (C=O) groups excluding carboxylic acids is 4. The molecule has 1 aromatic heterocycles. The van der Waals surface area contributed by atoms with Crippen molar-refractivity contribution >= 4 is 34.5 Å². The van der Waals surface area contributed by atoms with Crippen LogP contribution in [0, 0.1) is 0 Å². The molecule has 240 valence electrons. The summed E-state index contributed by atoms with van der Waals surface area (Å²) in [5.74, 6) is -1.73. The zero-order chi connectivity index (χ0) is 32.5. The van der Waals surface area contributed by atoms with E-state index in [1.165, 1.54) is 12.1 Å². The summed E-state index contributed by atoms with van der Waals surface area (Å²) in [4.78, 5) is 57.3. The number of fused-ring (bicyclic) bond motifs is 1. The van der Waals surface area contributed by atoms with E-state index < -0.39 is 41.9 Å². The van der Waals surface area contributed by atoms with Gasteiger partial charge in [-0.2, -0.15) is 0 Å². The smallest absolute Gasteiger partial charge is 0.243 e. The van der Waals surface area contributed by atoms with E-state index in [4.69, 9.17) is 5.73 Å². The Bertz CT molecular complexity index is 1660. The first-order valence-corrected chi connectivity index (χ1v) is 15.6. The molecule has 0 aliphatic carbocycles. The first-order valence-electron chi connectivity index (χ1n) is 15.6. The Balaban J connectivity index is 1.37. The molecule has 8 N–H and O–H groups in total. The Labute approximate surface area is 267 Å². The van der Waals surface area contributed by atoms with Gasteiger partial charge in [0.05, 0.1) is 6.04 Å². The second-order valence-corrected chi connectivity index (χ2v) is 11.7. The van der Waals surface area contributed by atoms with Crippen LogP contribution >= 0.6 is 0 Å².